The summed E-state index contributed by atoms with van der Waals surface area (Å²) in [6.45, 7) is 0. The Bertz CT molecular complexity index is 313. The first kappa shape index (κ1) is 10.5. The normalized spacial score (nSPS) is 8.64. The van der Waals surface area contributed by atoms with Crippen LogP contribution in [0.5, 0.6) is 0 Å². The molecule has 3 nitrogen and oxygen atoms in total. The Morgan fingerprint density at radius 3 is 1.79 bits per heavy atom. The Hall–Kier alpha value is -1.61. The number of hydrogen-bond donors (Lipinski definition) is 1. The molecular weight excluding hydrogens is 198 g/mol. The Kier molecular flexibility index (Phi) is 4.44. The Morgan fingerprint density at radius 1 is 0.929 bits per heavy atom. The second-order valence-corrected chi connectivity index (χ2v) is 2.79. The van der Waals surface area contributed by atoms with Gasteiger partial charge >= 0.3 is 0 Å². The molecule has 0 aromatic carbocycles. The summed E-state index contributed by atoms with van der Waals surface area (Å²) in [7, 11) is 0. The van der Waals surface area contributed by atoms with Gasteiger partial charge < -0.3 is 5.73 Å². The highest BCUT2D eigenvalue weighted by atomic mass is 35.5. The van der Waals surface area contributed by atoms with E-state index < -0.39 is 0 Å². The summed E-state index contributed by atoms with van der Waals surface area (Å²) >= 11 is 5.43. The van der Waals surface area contributed by atoms with Crippen LogP contribution in [0.15, 0.2) is 48.8 Å². The molecule has 0 aliphatic rings. The highest BCUT2D eigenvalue weighted by molar-refractivity contribution is 6.29. The zero-order valence-electron chi connectivity index (χ0n) is 7.47. The van der Waals surface area contributed by atoms with E-state index in [0.717, 1.165) is 0 Å². The predicted molar refractivity (Wildman–Crippen MR) is 57.9 cm³/mol. The molecule has 0 radical (unpaired) electrons. The van der Waals surface area contributed by atoms with Crippen molar-refractivity contribution < 1.29 is 0 Å². The van der Waals surface area contributed by atoms with Crippen molar-refractivity contribution in [3.63, 3.8) is 0 Å². The number of nitrogen functional groups attached to an aromatic ring is 1. The molecule has 14 heavy (non-hydrogen) atoms. The first-order valence-corrected chi connectivity index (χ1v) is 4.40. The standard InChI is InChI=1S/C5H4ClN.C5H6N2/c2*6-5-3-1-2-4-7-5/h1-4H;1-4H,(H2,6,7). The summed E-state index contributed by atoms with van der Waals surface area (Å²) in [4.78, 5) is 7.50. The van der Waals surface area contributed by atoms with Gasteiger partial charge in [0.05, 0.1) is 0 Å². The van der Waals surface area contributed by atoms with E-state index in [1.807, 2.05) is 24.3 Å². The molecule has 0 aliphatic heterocycles. The van der Waals surface area contributed by atoms with E-state index in [1.54, 1.807) is 24.5 Å². The van der Waals surface area contributed by atoms with Crippen LogP contribution in [0.25, 0.3) is 0 Å². The molecule has 0 unspecified atom stereocenters. The maximum absolute atomic E-state index is 5.43. The van der Waals surface area contributed by atoms with E-state index in [0.29, 0.717) is 11.0 Å². The molecule has 2 aromatic heterocycles. The van der Waals surface area contributed by atoms with E-state index in [-0.39, 0.29) is 0 Å². The van der Waals surface area contributed by atoms with Crippen LogP contribution in [-0.4, -0.2) is 9.97 Å². The summed E-state index contributed by atoms with van der Waals surface area (Å²) in [5, 5.41) is 0.544. The highest BCUT2D eigenvalue weighted by Crippen LogP contribution is 1.98. The SMILES string of the molecule is Clc1ccccn1.Nc1ccccn1. The van der Waals surface area contributed by atoms with Crippen molar-refractivity contribution in [2.24, 2.45) is 0 Å². The second kappa shape index (κ2) is 5.94. The van der Waals surface area contributed by atoms with Gasteiger partial charge in [-0.1, -0.05) is 23.7 Å². The van der Waals surface area contributed by atoms with E-state index in [9.17, 15) is 0 Å². The average molecular weight is 208 g/mol. The van der Waals surface area contributed by atoms with Crippen LogP contribution >= 0.6 is 11.6 Å². The summed E-state index contributed by atoms with van der Waals surface area (Å²) in [5.74, 6) is 0.572. The lowest BCUT2D eigenvalue weighted by atomic mass is 10.5. The van der Waals surface area contributed by atoms with Crippen LogP contribution in [0.3, 0.4) is 0 Å². The third-order valence-corrected chi connectivity index (χ3v) is 1.54. The molecule has 4 heteroatoms. The molecule has 0 saturated heterocycles. The lowest BCUT2D eigenvalue weighted by Gasteiger charge is -1.82. The van der Waals surface area contributed by atoms with Crippen molar-refractivity contribution in [1.82, 2.24) is 9.97 Å². The molecule has 72 valence electrons. The number of hydrogen-bond acceptors (Lipinski definition) is 3. The maximum Gasteiger partial charge on any atom is 0.129 e. The number of rotatable bonds is 0. The number of anilines is 1. The molecule has 0 fully saturated rings. The van der Waals surface area contributed by atoms with Crippen molar-refractivity contribution in [2.45, 2.75) is 0 Å². The number of halogens is 1. The summed E-state index contributed by atoms with van der Waals surface area (Å²) < 4.78 is 0. The molecule has 0 spiro atoms. The minimum Gasteiger partial charge on any atom is -0.384 e. The fraction of sp³-hybridized carbons (Fsp3) is 0. The molecule has 0 saturated carbocycles. The summed E-state index contributed by atoms with van der Waals surface area (Å²) in [6.07, 6.45) is 3.32. The molecule has 2 rings (SSSR count). The van der Waals surface area contributed by atoms with Crippen molar-refractivity contribution in [3.8, 4) is 0 Å². The third kappa shape index (κ3) is 4.42. The lowest BCUT2D eigenvalue weighted by Crippen LogP contribution is -1.85. The van der Waals surface area contributed by atoms with Crippen LogP contribution in [0.4, 0.5) is 5.82 Å². The molecule has 2 aromatic rings. The molecule has 2 heterocycles. The molecule has 0 atom stereocenters. The van der Waals surface area contributed by atoms with E-state index in [4.69, 9.17) is 17.3 Å². The molecule has 2 N–H and O–H groups in total. The van der Waals surface area contributed by atoms with Crippen molar-refractivity contribution in [1.29, 1.82) is 0 Å². The van der Waals surface area contributed by atoms with E-state index in [2.05, 4.69) is 9.97 Å². The van der Waals surface area contributed by atoms with Gasteiger partial charge in [-0.05, 0) is 24.3 Å². The van der Waals surface area contributed by atoms with Gasteiger partial charge in [0.2, 0.25) is 0 Å². The topological polar surface area (TPSA) is 51.8 Å². The predicted octanol–water partition coefficient (Wildman–Crippen LogP) is 2.40. The van der Waals surface area contributed by atoms with E-state index >= 15 is 0 Å². The Balaban J connectivity index is 0.000000140. The Labute approximate surface area is 87.6 Å². The zero-order valence-corrected chi connectivity index (χ0v) is 8.22. The smallest absolute Gasteiger partial charge is 0.129 e. The van der Waals surface area contributed by atoms with Crippen LogP contribution in [0.1, 0.15) is 0 Å². The minimum absolute atomic E-state index is 0.544. The highest BCUT2D eigenvalue weighted by Gasteiger charge is 1.76. The van der Waals surface area contributed by atoms with Crippen molar-refractivity contribution in [3.05, 3.63) is 53.9 Å². The van der Waals surface area contributed by atoms with Gasteiger partial charge in [-0.15, -0.1) is 0 Å². The molecular formula is C10H10ClN3. The summed E-state index contributed by atoms with van der Waals surface area (Å²) in [5.41, 5.74) is 5.25. The number of nitrogens with zero attached hydrogens (tertiary/aromatic N) is 2. The van der Waals surface area contributed by atoms with Gasteiger partial charge in [0.15, 0.2) is 0 Å². The quantitative estimate of drug-likeness (QED) is 0.675. The minimum atomic E-state index is 0.544. The van der Waals surface area contributed by atoms with Gasteiger partial charge in [0, 0.05) is 12.4 Å². The lowest BCUT2D eigenvalue weighted by molar-refractivity contribution is 1.33. The fourth-order valence-electron chi connectivity index (χ4n) is 0.718. The monoisotopic (exact) mass is 207 g/mol. The van der Waals surface area contributed by atoms with Crippen LogP contribution in [0.2, 0.25) is 5.15 Å². The first-order chi connectivity index (χ1) is 6.79. The van der Waals surface area contributed by atoms with Crippen LogP contribution < -0.4 is 5.73 Å². The second-order valence-electron chi connectivity index (χ2n) is 2.41. The zero-order chi connectivity index (χ0) is 10.2. The van der Waals surface area contributed by atoms with Gasteiger partial charge in [-0.2, -0.15) is 0 Å². The fourth-order valence-corrected chi connectivity index (χ4v) is 0.847. The largest absolute Gasteiger partial charge is 0.384 e. The van der Waals surface area contributed by atoms with E-state index in [1.165, 1.54) is 0 Å². The van der Waals surface area contributed by atoms with Crippen molar-refractivity contribution >= 4 is 17.4 Å². The third-order valence-electron chi connectivity index (χ3n) is 1.32. The van der Waals surface area contributed by atoms with Gasteiger partial charge in [0.1, 0.15) is 11.0 Å². The molecule has 0 aliphatic carbocycles. The number of nitrogens with two attached hydrogens (primary N) is 1. The molecule has 0 bridgehead atoms. The van der Waals surface area contributed by atoms with Gasteiger partial charge in [-0.25, -0.2) is 9.97 Å². The number of aromatic nitrogens is 2. The van der Waals surface area contributed by atoms with Crippen LogP contribution in [0, 0.1) is 0 Å². The van der Waals surface area contributed by atoms with Crippen molar-refractivity contribution in [2.75, 3.05) is 5.73 Å². The average Bonchev–Trinajstić information content (AvgIpc) is 2.21. The first-order valence-electron chi connectivity index (χ1n) is 4.02. The van der Waals surface area contributed by atoms with Gasteiger partial charge in [0.25, 0.3) is 0 Å². The summed E-state index contributed by atoms with van der Waals surface area (Å²) in [6, 6.07) is 10.8. The molecule has 0 amide bonds. The Morgan fingerprint density at radius 2 is 1.57 bits per heavy atom. The van der Waals surface area contributed by atoms with Crippen LogP contribution in [-0.2, 0) is 0 Å². The number of pyridine rings is 2. The van der Waals surface area contributed by atoms with Gasteiger partial charge in [-0.3, -0.25) is 0 Å². The maximum atomic E-state index is 5.43.